The monoisotopic (exact) mass is 145 g/mol. The Morgan fingerprint density at radius 3 is 2.44 bits per heavy atom. The molecular formula is C7H15NS. The first-order valence-electron chi connectivity index (χ1n) is 3.19. The first-order valence-corrected chi connectivity index (χ1v) is 4.41. The fraction of sp³-hybridized carbons (Fsp3) is 0.714. The van der Waals surface area contributed by atoms with E-state index < -0.39 is 0 Å². The lowest BCUT2D eigenvalue weighted by atomic mass is 10.1. The number of rotatable bonds is 4. The molecule has 0 radical (unpaired) electrons. The van der Waals surface area contributed by atoms with Gasteiger partial charge in [-0.1, -0.05) is 13.5 Å². The van der Waals surface area contributed by atoms with Gasteiger partial charge in [-0.15, -0.1) is 11.8 Å². The number of thioether (sulfide) groups is 1. The van der Waals surface area contributed by atoms with Gasteiger partial charge in [-0.25, -0.2) is 0 Å². The molecule has 0 aromatic rings. The lowest BCUT2D eigenvalue weighted by molar-refractivity contribution is 0.632. The molecule has 0 saturated carbocycles. The van der Waals surface area contributed by atoms with E-state index in [1.165, 1.54) is 4.91 Å². The molecule has 0 aliphatic carbocycles. The molecule has 0 saturated heterocycles. The van der Waals surface area contributed by atoms with Crippen LogP contribution in [0.4, 0.5) is 0 Å². The lowest BCUT2D eigenvalue weighted by Gasteiger charge is -2.12. The summed E-state index contributed by atoms with van der Waals surface area (Å²) in [6.07, 6.45) is 3.15. The summed E-state index contributed by atoms with van der Waals surface area (Å²) in [7, 11) is 0. The summed E-state index contributed by atoms with van der Waals surface area (Å²) in [6.45, 7) is 6.77. The molecule has 1 atom stereocenters. The van der Waals surface area contributed by atoms with E-state index in [9.17, 15) is 0 Å². The van der Waals surface area contributed by atoms with Gasteiger partial charge in [0, 0.05) is 5.92 Å². The second-order valence-corrected chi connectivity index (χ2v) is 2.94. The Morgan fingerprint density at radius 2 is 2.33 bits per heavy atom. The number of nitrogens with two attached hydrogens (primary N) is 1. The zero-order valence-electron chi connectivity index (χ0n) is 6.18. The standard InChI is InChI=1S/C7H15NS/c1-4-7(5-8)6(2)9-3/h7H,2,4-5,8H2,1,3H3. The molecule has 2 N–H and O–H groups in total. The summed E-state index contributed by atoms with van der Waals surface area (Å²) in [4.78, 5) is 1.21. The normalized spacial score (nSPS) is 13.2. The Hall–Kier alpha value is 0.0500. The van der Waals surface area contributed by atoms with E-state index in [4.69, 9.17) is 5.73 Å². The summed E-state index contributed by atoms with van der Waals surface area (Å²) in [6, 6.07) is 0. The van der Waals surface area contributed by atoms with Gasteiger partial charge in [0.1, 0.15) is 0 Å². The predicted octanol–water partition coefficient (Wildman–Crippen LogP) is 1.85. The van der Waals surface area contributed by atoms with Gasteiger partial charge in [0.25, 0.3) is 0 Å². The van der Waals surface area contributed by atoms with Gasteiger partial charge in [0.15, 0.2) is 0 Å². The van der Waals surface area contributed by atoms with Gasteiger partial charge < -0.3 is 5.73 Å². The molecule has 0 aromatic heterocycles. The van der Waals surface area contributed by atoms with Crippen LogP contribution in [0.1, 0.15) is 13.3 Å². The Morgan fingerprint density at radius 1 is 1.78 bits per heavy atom. The summed E-state index contributed by atoms with van der Waals surface area (Å²) < 4.78 is 0. The minimum atomic E-state index is 0.514. The molecule has 0 aliphatic heterocycles. The zero-order chi connectivity index (χ0) is 7.28. The fourth-order valence-corrected chi connectivity index (χ4v) is 1.29. The molecule has 0 spiro atoms. The first-order chi connectivity index (χ1) is 4.26. The maximum absolute atomic E-state index is 5.49. The second-order valence-electron chi connectivity index (χ2n) is 2.01. The smallest absolute Gasteiger partial charge is 0.00124 e. The Balaban J connectivity index is 3.64. The van der Waals surface area contributed by atoms with Crippen LogP contribution >= 0.6 is 11.8 Å². The highest BCUT2D eigenvalue weighted by Crippen LogP contribution is 2.20. The summed E-state index contributed by atoms with van der Waals surface area (Å²) in [5.74, 6) is 0.514. The third-order valence-electron chi connectivity index (χ3n) is 1.49. The lowest BCUT2D eigenvalue weighted by Crippen LogP contribution is -2.13. The van der Waals surface area contributed by atoms with Crippen LogP contribution in [0.15, 0.2) is 11.5 Å². The second kappa shape index (κ2) is 4.89. The van der Waals surface area contributed by atoms with Gasteiger partial charge in [0.05, 0.1) is 0 Å². The van der Waals surface area contributed by atoms with Crippen molar-refractivity contribution in [1.29, 1.82) is 0 Å². The van der Waals surface area contributed by atoms with Crippen LogP contribution in [-0.2, 0) is 0 Å². The van der Waals surface area contributed by atoms with E-state index in [1.54, 1.807) is 11.8 Å². The third-order valence-corrected chi connectivity index (χ3v) is 2.35. The van der Waals surface area contributed by atoms with Crippen LogP contribution in [0, 0.1) is 5.92 Å². The fourth-order valence-electron chi connectivity index (χ4n) is 0.692. The van der Waals surface area contributed by atoms with Crippen LogP contribution in [0.5, 0.6) is 0 Å². The van der Waals surface area contributed by atoms with Crippen LogP contribution in [0.3, 0.4) is 0 Å². The molecule has 0 heterocycles. The molecule has 1 nitrogen and oxygen atoms in total. The van der Waals surface area contributed by atoms with E-state index in [1.807, 2.05) is 6.26 Å². The maximum atomic E-state index is 5.49. The largest absolute Gasteiger partial charge is 0.330 e. The summed E-state index contributed by atoms with van der Waals surface area (Å²) >= 11 is 1.71. The highest BCUT2D eigenvalue weighted by atomic mass is 32.2. The van der Waals surface area contributed by atoms with E-state index in [0.29, 0.717) is 5.92 Å². The molecule has 1 unspecified atom stereocenters. The molecule has 0 rings (SSSR count). The van der Waals surface area contributed by atoms with Gasteiger partial charge in [-0.2, -0.15) is 0 Å². The molecule has 0 aromatic carbocycles. The minimum Gasteiger partial charge on any atom is -0.330 e. The Bertz CT molecular complexity index is 86.9. The van der Waals surface area contributed by atoms with E-state index in [2.05, 4.69) is 13.5 Å². The molecule has 0 amide bonds. The summed E-state index contributed by atoms with van der Waals surface area (Å²) in [5, 5.41) is 0. The van der Waals surface area contributed by atoms with Gasteiger partial charge >= 0.3 is 0 Å². The van der Waals surface area contributed by atoms with Crippen molar-refractivity contribution in [2.24, 2.45) is 11.7 Å². The zero-order valence-corrected chi connectivity index (χ0v) is 7.00. The van der Waals surface area contributed by atoms with E-state index in [-0.39, 0.29) is 0 Å². The highest BCUT2D eigenvalue weighted by molar-refractivity contribution is 8.02. The third kappa shape index (κ3) is 2.92. The van der Waals surface area contributed by atoms with Gasteiger partial charge in [-0.05, 0) is 24.1 Å². The molecule has 0 aliphatic rings. The van der Waals surface area contributed by atoms with E-state index >= 15 is 0 Å². The average Bonchev–Trinajstić information content (AvgIpc) is 1.90. The Labute approximate surface area is 61.7 Å². The van der Waals surface area contributed by atoms with Crippen molar-refractivity contribution >= 4 is 11.8 Å². The molecule has 2 heteroatoms. The van der Waals surface area contributed by atoms with Gasteiger partial charge in [0.2, 0.25) is 0 Å². The van der Waals surface area contributed by atoms with Crippen molar-refractivity contribution in [3.05, 3.63) is 11.5 Å². The molecule has 0 fully saturated rings. The van der Waals surface area contributed by atoms with E-state index in [0.717, 1.165) is 13.0 Å². The maximum Gasteiger partial charge on any atom is 0.00124 e. The van der Waals surface area contributed by atoms with Crippen molar-refractivity contribution < 1.29 is 0 Å². The molecule has 9 heavy (non-hydrogen) atoms. The first kappa shape index (κ1) is 9.05. The van der Waals surface area contributed by atoms with Crippen LogP contribution in [0.25, 0.3) is 0 Å². The predicted molar refractivity (Wildman–Crippen MR) is 45.5 cm³/mol. The Kier molecular flexibility index (Phi) is 4.91. The average molecular weight is 145 g/mol. The van der Waals surface area contributed by atoms with Gasteiger partial charge in [-0.3, -0.25) is 0 Å². The van der Waals surface area contributed by atoms with Crippen LogP contribution < -0.4 is 5.73 Å². The van der Waals surface area contributed by atoms with Crippen LogP contribution in [0.2, 0.25) is 0 Å². The minimum absolute atomic E-state index is 0.514. The number of hydrogen-bond acceptors (Lipinski definition) is 2. The quantitative estimate of drug-likeness (QED) is 0.653. The van der Waals surface area contributed by atoms with Crippen LogP contribution in [-0.4, -0.2) is 12.8 Å². The molecule has 54 valence electrons. The van der Waals surface area contributed by atoms with Crippen molar-refractivity contribution in [3.63, 3.8) is 0 Å². The van der Waals surface area contributed by atoms with Crippen molar-refractivity contribution in [2.75, 3.05) is 12.8 Å². The van der Waals surface area contributed by atoms with Crippen molar-refractivity contribution in [1.82, 2.24) is 0 Å². The number of hydrogen-bond donors (Lipinski definition) is 1. The van der Waals surface area contributed by atoms with Crippen molar-refractivity contribution in [2.45, 2.75) is 13.3 Å². The topological polar surface area (TPSA) is 26.0 Å². The molecular weight excluding hydrogens is 130 g/mol. The van der Waals surface area contributed by atoms with Crippen molar-refractivity contribution in [3.8, 4) is 0 Å². The summed E-state index contributed by atoms with van der Waals surface area (Å²) in [5.41, 5.74) is 5.49. The SMILES string of the molecule is C=C(SC)C(CC)CN. The molecule has 0 bridgehead atoms. The highest BCUT2D eigenvalue weighted by Gasteiger charge is 2.05.